The van der Waals surface area contributed by atoms with E-state index < -0.39 is 5.54 Å². The number of likely N-dealkylation sites (tertiary alicyclic amines) is 1. The molecule has 2 aromatic carbocycles. The maximum absolute atomic E-state index is 13.0. The van der Waals surface area contributed by atoms with Gasteiger partial charge in [-0.05, 0) is 42.1 Å². The molecule has 1 fully saturated rings. The number of nitrogens with one attached hydrogen (secondary N) is 1. The molecule has 1 saturated heterocycles. The lowest BCUT2D eigenvalue weighted by Gasteiger charge is -2.36. The fraction of sp³-hybridized carbons (Fsp3) is 0.350. The number of fused-ring (bicyclic) bond motifs is 1. The molecule has 1 atom stereocenters. The number of hydrogen-bond donors (Lipinski definition) is 1. The van der Waals surface area contributed by atoms with E-state index in [4.69, 9.17) is 11.6 Å². The molecule has 0 radical (unpaired) electrons. The fourth-order valence-corrected chi connectivity index (χ4v) is 4.29. The molecular weight excluding hydrogens is 320 g/mol. The number of hydrogen-bond acceptors (Lipinski definition) is 2. The minimum atomic E-state index is -0.453. The van der Waals surface area contributed by atoms with Crippen molar-refractivity contribution >= 4 is 17.5 Å². The van der Waals surface area contributed by atoms with Crippen molar-refractivity contribution in [2.75, 3.05) is 6.54 Å². The summed E-state index contributed by atoms with van der Waals surface area (Å²) in [6.45, 7) is 2.27. The number of amides is 1. The number of carbonyl (C=O) groups is 1. The summed E-state index contributed by atoms with van der Waals surface area (Å²) >= 11 is 6.35. The van der Waals surface area contributed by atoms with Crippen LogP contribution in [0.2, 0.25) is 5.02 Å². The molecule has 0 bridgehead atoms. The van der Waals surface area contributed by atoms with Crippen molar-refractivity contribution in [3.8, 4) is 0 Å². The highest BCUT2D eigenvalue weighted by molar-refractivity contribution is 6.31. The van der Waals surface area contributed by atoms with Crippen molar-refractivity contribution in [3.05, 3.63) is 70.2 Å². The summed E-state index contributed by atoms with van der Waals surface area (Å²) < 4.78 is 0. The van der Waals surface area contributed by atoms with Gasteiger partial charge in [0.05, 0.1) is 0 Å². The van der Waals surface area contributed by atoms with Gasteiger partial charge in [-0.15, -0.1) is 0 Å². The Labute approximate surface area is 147 Å². The van der Waals surface area contributed by atoms with Crippen LogP contribution in [-0.2, 0) is 24.3 Å². The zero-order valence-corrected chi connectivity index (χ0v) is 14.4. The molecular formula is C20H21ClN2O. The van der Waals surface area contributed by atoms with Crippen LogP contribution in [0.5, 0.6) is 0 Å². The van der Waals surface area contributed by atoms with E-state index in [1.54, 1.807) is 0 Å². The van der Waals surface area contributed by atoms with E-state index in [9.17, 15) is 4.79 Å². The largest absolute Gasteiger partial charge is 0.350 e. The van der Waals surface area contributed by atoms with E-state index in [1.807, 2.05) is 24.3 Å². The highest BCUT2D eigenvalue weighted by Crippen LogP contribution is 2.37. The van der Waals surface area contributed by atoms with Gasteiger partial charge in [-0.25, -0.2) is 0 Å². The SMILES string of the molecule is O=C1NCc2ccccc2CC12CCCN2Cc1ccccc1Cl. The molecule has 0 aromatic heterocycles. The Morgan fingerprint density at radius 1 is 1.08 bits per heavy atom. The van der Waals surface area contributed by atoms with Crippen LogP contribution in [0.1, 0.15) is 29.5 Å². The van der Waals surface area contributed by atoms with Crippen LogP contribution < -0.4 is 5.32 Å². The number of benzene rings is 2. The molecule has 2 aromatic rings. The molecule has 1 unspecified atom stereocenters. The van der Waals surface area contributed by atoms with E-state index in [0.29, 0.717) is 6.54 Å². The van der Waals surface area contributed by atoms with Gasteiger partial charge in [0.1, 0.15) is 5.54 Å². The normalized spacial score (nSPS) is 23.8. The average molecular weight is 341 g/mol. The Hall–Kier alpha value is -1.84. The van der Waals surface area contributed by atoms with Crippen molar-refractivity contribution in [3.63, 3.8) is 0 Å². The first-order valence-electron chi connectivity index (χ1n) is 8.53. The summed E-state index contributed by atoms with van der Waals surface area (Å²) in [4.78, 5) is 15.3. The highest BCUT2D eigenvalue weighted by atomic mass is 35.5. The lowest BCUT2D eigenvalue weighted by Crippen LogP contribution is -2.55. The summed E-state index contributed by atoms with van der Waals surface area (Å²) in [5.41, 5.74) is 3.14. The van der Waals surface area contributed by atoms with Crippen molar-refractivity contribution in [2.45, 2.75) is 37.9 Å². The van der Waals surface area contributed by atoms with Crippen molar-refractivity contribution < 1.29 is 4.79 Å². The molecule has 1 amide bonds. The quantitative estimate of drug-likeness (QED) is 0.906. The summed E-state index contributed by atoms with van der Waals surface area (Å²) in [6, 6.07) is 16.3. The first-order chi connectivity index (χ1) is 11.7. The Kier molecular flexibility index (Phi) is 4.07. The average Bonchev–Trinajstić information content (AvgIpc) is 2.92. The van der Waals surface area contributed by atoms with Gasteiger partial charge in [-0.1, -0.05) is 54.1 Å². The van der Waals surface area contributed by atoms with Gasteiger partial charge in [0.25, 0.3) is 0 Å². The first kappa shape index (κ1) is 15.7. The summed E-state index contributed by atoms with van der Waals surface area (Å²) in [7, 11) is 0. The molecule has 124 valence electrons. The van der Waals surface area contributed by atoms with Gasteiger partial charge >= 0.3 is 0 Å². The van der Waals surface area contributed by atoms with E-state index in [-0.39, 0.29) is 5.91 Å². The molecule has 1 spiro atoms. The summed E-state index contributed by atoms with van der Waals surface area (Å²) in [5, 5.41) is 3.92. The van der Waals surface area contributed by atoms with Crippen molar-refractivity contribution in [1.29, 1.82) is 0 Å². The van der Waals surface area contributed by atoms with E-state index in [1.165, 1.54) is 11.1 Å². The van der Waals surface area contributed by atoms with Crippen LogP contribution in [-0.4, -0.2) is 22.9 Å². The number of nitrogens with zero attached hydrogens (tertiary/aromatic N) is 1. The van der Waals surface area contributed by atoms with Crippen LogP contribution in [0, 0.1) is 0 Å². The highest BCUT2D eigenvalue weighted by Gasteiger charge is 2.48. The molecule has 2 aliphatic heterocycles. The summed E-state index contributed by atoms with van der Waals surface area (Å²) in [5.74, 6) is 0.156. The second-order valence-electron chi connectivity index (χ2n) is 6.78. The Bertz CT molecular complexity index is 776. The Morgan fingerprint density at radius 2 is 1.83 bits per heavy atom. The topological polar surface area (TPSA) is 32.3 Å². The number of rotatable bonds is 2. The van der Waals surface area contributed by atoms with Gasteiger partial charge in [-0.2, -0.15) is 0 Å². The molecule has 0 aliphatic carbocycles. The minimum Gasteiger partial charge on any atom is -0.350 e. The van der Waals surface area contributed by atoms with Crippen LogP contribution in [0.25, 0.3) is 0 Å². The molecule has 2 aliphatic rings. The van der Waals surface area contributed by atoms with E-state index in [2.05, 4.69) is 34.5 Å². The molecule has 4 rings (SSSR count). The number of halogens is 1. The second kappa shape index (κ2) is 6.23. The fourth-order valence-electron chi connectivity index (χ4n) is 4.09. The second-order valence-corrected chi connectivity index (χ2v) is 7.18. The summed E-state index contributed by atoms with van der Waals surface area (Å²) in [6.07, 6.45) is 2.72. The van der Waals surface area contributed by atoms with Gasteiger partial charge in [0, 0.05) is 24.5 Å². The molecule has 24 heavy (non-hydrogen) atoms. The third-order valence-corrected chi connectivity index (χ3v) is 5.77. The smallest absolute Gasteiger partial charge is 0.241 e. The standard InChI is InChI=1S/C20H21ClN2O/c21-18-9-4-3-8-17(18)14-23-11-5-10-20(23)12-15-6-1-2-7-16(15)13-22-19(20)24/h1-4,6-9H,5,10-14H2,(H,22,24). The van der Waals surface area contributed by atoms with Gasteiger partial charge in [-0.3, -0.25) is 9.69 Å². The van der Waals surface area contributed by atoms with Crippen LogP contribution >= 0.6 is 11.6 Å². The maximum atomic E-state index is 13.0. The molecule has 4 heteroatoms. The predicted molar refractivity (Wildman–Crippen MR) is 95.8 cm³/mol. The van der Waals surface area contributed by atoms with Gasteiger partial charge in [0.2, 0.25) is 5.91 Å². The predicted octanol–water partition coefficient (Wildman–Crippen LogP) is 3.55. The minimum absolute atomic E-state index is 0.156. The number of carbonyl (C=O) groups excluding carboxylic acids is 1. The third-order valence-electron chi connectivity index (χ3n) is 5.41. The molecule has 0 saturated carbocycles. The molecule has 1 N–H and O–H groups in total. The van der Waals surface area contributed by atoms with Crippen molar-refractivity contribution in [1.82, 2.24) is 10.2 Å². The zero-order chi connectivity index (χ0) is 16.6. The third kappa shape index (κ3) is 2.62. The first-order valence-corrected chi connectivity index (χ1v) is 8.90. The van der Waals surface area contributed by atoms with Crippen molar-refractivity contribution in [2.24, 2.45) is 0 Å². The molecule has 3 nitrogen and oxygen atoms in total. The monoisotopic (exact) mass is 340 g/mol. The lowest BCUT2D eigenvalue weighted by molar-refractivity contribution is -0.132. The Morgan fingerprint density at radius 3 is 2.67 bits per heavy atom. The van der Waals surface area contributed by atoms with Crippen LogP contribution in [0.3, 0.4) is 0 Å². The lowest BCUT2D eigenvalue weighted by atomic mass is 9.86. The van der Waals surface area contributed by atoms with Crippen LogP contribution in [0.15, 0.2) is 48.5 Å². The van der Waals surface area contributed by atoms with E-state index >= 15 is 0 Å². The maximum Gasteiger partial charge on any atom is 0.241 e. The zero-order valence-electron chi connectivity index (χ0n) is 13.6. The van der Waals surface area contributed by atoms with Gasteiger partial charge in [0.15, 0.2) is 0 Å². The Balaban J connectivity index is 1.69. The molecule has 2 heterocycles. The van der Waals surface area contributed by atoms with Crippen LogP contribution in [0.4, 0.5) is 0 Å². The van der Waals surface area contributed by atoms with Gasteiger partial charge < -0.3 is 5.32 Å². The van der Waals surface area contributed by atoms with E-state index in [0.717, 1.165) is 42.9 Å².